The highest BCUT2D eigenvalue weighted by molar-refractivity contribution is 9.10. The summed E-state index contributed by atoms with van der Waals surface area (Å²) in [5.41, 5.74) is 1.20. The topological polar surface area (TPSA) is 24.9 Å². The van der Waals surface area contributed by atoms with Crippen molar-refractivity contribution in [3.63, 3.8) is 0 Å². The van der Waals surface area contributed by atoms with Gasteiger partial charge in [-0.3, -0.25) is 0 Å². The third-order valence-electron chi connectivity index (χ3n) is 2.60. The molecule has 0 radical (unpaired) electrons. The molecular weight excluding hydrogens is 316 g/mol. The Balaban J connectivity index is 1.97. The Morgan fingerprint density at radius 2 is 2.18 bits per heavy atom. The van der Waals surface area contributed by atoms with E-state index < -0.39 is 0 Å². The van der Waals surface area contributed by atoms with Gasteiger partial charge in [-0.05, 0) is 42.4 Å². The number of aromatic nitrogens is 1. The molecule has 1 N–H and O–H groups in total. The highest BCUT2D eigenvalue weighted by Gasteiger charge is 2.11. The van der Waals surface area contributed by atoms with E-state index in [4.69, 9.17) is 0 Å². The van der Waals surface area contributed by atoms with E-state index in [1.54, 1.807) is 22.7 Å². The SMILES string of the molecule is CNC(Cc1csc(C)n1)Cc1cc(Br)cs1. The Morgan fingerprint density at radius 3 is 2.71 bits per heavy atom. The van der Waals surface area contributed by atoms with Crippen molar-refractivity contribution in [1.29, 1.82) is 0 Å². The van der Waals surface area contributed by atoms with E-state index >= 15 is 0 Å². The molecule has 0 bridgehead atoms. The number of hydrogen-bond donors (Lipinski definition) is 1. The summed E-state index contributed by atoms with van der Waals surface area (Å²) >= 11 is 7.02. The van der Waals surface area contributed by atoms with E-state index in [-0.39, 0.29) is 0 Å². The summed E-state index contributed by atoms with van der Waals surface area (Å²) in [6.45, 7) is 2.05. The molecule has 0 saturated carbocycles. The highest BCUT2D eigenvalue weighted by atomic mass is 79.9. The second kappa shape index (κ2) is 6.09. The van der Waals surface area contributed by atoms with Crippen LogP contribution in [0, 0.1) is 6.92 Å². The molecule has 2 rings (SSSR count). The summed E-state index contributed by atoms with van der Waals surface area (Å²) in [7, 11) is 2.02. The second-order valence-corrected chi connectivity index (χ2v) is 6.96. The van der Waals surface area contributed by atoms with Gasteiger partial charge < -0.3 is 5.32 Å². The molecule has 1 atom stereocenters. The van der Waals surface area contributed by atoms with Crippen LogP contribution in [0.4, 0.5) is 0 Å². The molecule has 2 heterocycles. The van der Waals surface area contributed by atoms with Crippen LogP contribution in [0.1, 0.15) is 15.6 Å². The van der Waals surface area contributed by atoms with Crippen LogP contribution in [0.5, 0.6) is 0 Å². The fraction of sp³-hybridized carbons (Fsp3) is 0.417. The van der Waals surface area contributed by atoms with Crippen molar-refractivity contribution in [1.82, 2.24) is 10.3 Å². The largest absolute Gasteiger partial charge is 0.316 e. The average Bonchev–Trinajstić information content (AvgIpc) is 2.87. The number of hydrogen-bond acceptors (Lipinski definition) is 4. The van der Waals surface area contributed by atoms with Crippen LogP contribution in [0.25, 0.3) is 0 Å². The minimum absolute atomic E-state index is 0.460. The van der Waals surface area contributed by atoms with Gasteiger partial charge in [0, 0.05) is 32.6 Å². The normalized spacial score (nSPS) is 12.9. The number of aryl methyl sites for hydroxylation is 1. The molecule has 0 spiro atoms. The van der Waals surface area contributed by atoms with E-state index in [0.29, 0.717) is 6.04 Å². The molecule has 17 heavy (non-hydrogen) atoms. The average molecular weight is 331 g/mol. The van der Waals surface area contributed by atoms with Gasteiger partial charge in [0.2, 0.25) is 0 Å². The number of rotatable bonds is 5. The minimum atomic E-state index is 0.460. The van der Waals surface area contributed by atoms with Crippen LogP contribution in [0.15, 0.2) is 21.3 Å². The summed E-state index contributed by atoms with van der Waals surface area (Å²) in [5.74, 6) is 0. The Hall–Kier alpha value is -0.230. The maximum atomic E-state index is 4.52. The van der Waals surface area contributed by atoms with Crippen LogP contribution in [-0.4, -0.2) is 18.1 Å². The molecular formula is C12H15BrN2S2. The van der Waals surface area contributed by atoms with E-state index in [0.717, 1.165) is 17.8 Å². The van der Waals surface area contributed by atoms with Gasteiger partial charge in [0.05, 0.1) is 10.7 Å². The number of thiophene rings is 1. The fourth-order valence-corrected chi connectivity index (χ4v) is 3.89. The zero-order chi connectivity index (χ0) is 12.3. The van der Waals surface area contributed by atoms with Gasteiger partial charge in [-0.25, -0.2) is 4.98 Å². The number of halogens is 1. The third-order valence-corrected chi connectivity index (χ3v) is 5.14. The summed E-state index contributed by atoms with van der Waals surface area (Å²) in [6.07, 6.45) is 2.06. The van der Waals surface area contributed by atoms with Crippen LogP contribution in [-0.2, 0) is 12.8 Å². The maximum Gasteiger partial charge on any atom is 0.0897 e. The van der Waals surface area contributed by atoms with Crippen molar-refractivity contribution in [3.8, 4) is 0 Å². The van der Waals surface area contributed by atoms with Gasteiger partial charge >= 0.3 is 0 Å². The molecule has 0 aliphatic heterocycles. The number of thiazole rings is 1. The second-order valence-electron chi connectivity index (χ2n) is 3.98. The fourth-order valence-electron chi connectivity index (χ4n) is 1.73. The lowest BCUT2D eigenvalue weighted by molar-refractivity contribution is 0.555. The quantitative estimate of drug-likeness (QED) is 0.905. The zero-order valence-electron chi connectivity index (χ0n) is 9.87. The lowest BCUT2D eigenvalue weighted by Crippen LogP contribution is -2.29. The molecule has 0 fully saturated rings. The van der Waals surface area contributed by atoms with E-state index in [2.05, 4.69) is 50.0 Å². The van der Waals surface area contributed by atoms with Crippen molar-refractivity contribution in [2.45, 2.75) is 25.8 Å². The van der Waals surface area contributed by atoms with Gasteiger partial charge in [-0.1, -0.05) is 0 Å². The standard InChI is InChI=1S/C12H15BrN2S2/c1-8-15-11(7-16-8)4-10(14-2)5-12-3-9(13)6-17-12/h3,6-7,10,14H,4-5H2,1-2H3. The first-order chi connectivity index (χ1) is 8.17. The zero-order valence-corrected chi connectivity index (χ0v) is 13.1. The predicted molar refractivity (Wildman–Crippen MR) is 79.1 cm³/mol. The minimum Gasteiger partial charge on any atom is -0.316 e. The van der Waals surface area contributed by atoms with Crippen molar-refractivity contribution in [2.24, 2.45) is 0 Å². The third kappa shape index (κ3) is 3.88. The first-order valence-electron chi connectivity index (χ1n) is 5.48. The number of nitrogens with zero attached hydrogens (tertiary/aromatic N) is 1. The molecule has 0 saturated heterocycles. The summed E-state index contributed by atoms with van der Waals surface area (Å²) in [4.78, 5) is 5.92. The number of likely N-dealkylation sites (N-methyl/N-ethyl adjacent to an activating group) is 1. The molecule has 0 aliphatic rings. The van der Waals surface area contributed by atoms with E-state index in [1.807, 2.05) is 7.05 Å². The van der Waals surface area contributed by atoms with Gasteiger partial charge in [-0.2, -0.15) is 0 Å². The molecule has 2 nitrogen and oxygen atoms in total. The lowest BCUT2D eigenvalue weighted by Gasteiger charge is -2.13. The van der Waals surface area contributed by atoms with Crippen molar-refractivity contribution < 1.29 is 0 Å². The summed E-state index contributed by atoms with van der Waals surface area (Å²) in [6, 6.07) is 2.66. The number of nitrogens with one attached hydrogen (secondary N) is 1. The molecule has 2 aromatic rings. The molecule has 0 aromatic carbocycles. The summed E-state index contributed by atoms with van der Waals surface area (Å²) in [5, 5.41) is 8.81. The van der Waals surface area contributed by atoms with Crippen LogP contribution >= 0.6 is 38.6 Å². The van der Waals surface area contributed by atoms with Gasteiger partial charge in [0.1, 0.15) is 0 Å². The van der Waals surface area contributed by atoms with Gasteiger partial charge in [-0.15, -0.1) is 22.7 Å². The maximum absolute atomic E-state index is 4.52. The van der Waals surface area contributed by atoms with Gasteiger partial charge in [0.25, 0.3) is 0 Å². The molecule has 0 aliphatic carbocycles. The van der Waals surface area contributed by atoms with Crippen molar-refractivity contribution in [3.05, 3.63) is 36.9 Å². The lowest BCUT2D eigenvalue weighted by atomic mass is 10.1. The van der Waals surface area contributed by atoms with Crippen molar-refractivity contribution in [2.75, 3.05) is 7.05 Å². The first-order valence-corrected chi connectivity index (χ1v) is 8.04. The monoisotopic (exact) mass is 330 g/mol. The molecule has 92 valence electrons. The molecule has 0 amide bonds. The molecule has 5 heteroatoms. The smallest absolute Gasteiger partial charge is 0.0897 e. The molecule has 1 unspecified atom stereocenters. The predicted octanol–water partition coefficient (Wildman–Crippen LogP) is 3.65. The van der Waals surface area contributed by atoms with Crippen LogP contribution < -0.4 is 5.32 Å². The Labute approximate surface area is 118 Å². The van der Waals surface area contributed by atoms with E-state index in [9.17, 15) is 0 Å². The molecule has 2 aromatic heterocycles. The van der Waals surface area contributed by atoms with Crippen LogP contribution in [0.3, 0.4) is 0 Å². The Kier molecular flexibility index (Phi) is 4.73. The first kappa shape index (κ1) is 13.2. The highest BCUT2D eigenvalue weighted by Crippen LogP contribution is 2.22. The Bertz CT molecular complexity index is 436. The van der Waals surface area contributed by atoms with E-state index in [1.165, 1.54) is 15.0 Å². The van der Waals surface area contributed by atoms with Gasteiger partial charge in [0.15, 0.2) is 0 Å². The summed E-state index contributed by atoms with van der Waals surface area (Å²) < 4.78 is 1.18. The van der Waals surface area contributed by atoms with Crippen LogP contribution in [0.2, 0.25) is 0 Å². The Morgan fingerprint density at radius 1 is 1.35 bits per heavy atom. The van der Waals surface area contributed by atoms with Crippen molar-refractivity contribution >= 4 is 38.6 Å².